The Morgan fingerprint density at radius 1 is 1.24 bits per heavy atom. The summed E-state index contributed by atoms with van der Waals surface area (Å²) in [6.45, 7) is 4.02. The fourth-order valence-electron chi connectivity index (χ4n) is 1.94. The van der Waals surface area contributed by atoms with Crippen molar-refractivity contribution in [1.82, 2.24) is 0 Å². The van der Waals surface area contributed by atoms with E-state index < -0.39 is 0 Å². The molecule has 17 heavy (non-hydrogen) atoms. The van der Waals surface area contributed by atoms with Gasteiger partial charge in [0.2, 0.25) is 0 Å². The molecule has 0 amide bonds. The summed E-state index contributed by atoms with van der Waals surface area (Å²) < 4.78 is 5.28. The number of ketones is 1. The molecule has 0 N–H and O–H groups in total. The fraction of sp³-hybridized carbons (Fsp3) is 0.267. The number of carbonyl (C=O) groups excluding carboxylic acids is 1. The number of aryl methyl sites for hydroxylation is 2. The average molecular weight is 228 g/mol. The lowest BCUT2D eigenvalue weighted by Gasteiger charge is -2.04. The summed E-state index contributed by atoms with van der Waals surface area (Å²) in [6.07, 6.45) is 2.78. The van der Waals surface area contributed by atoms with E-state index in [0.717, 1.165) is 28.9 Å². The van der Waals surface area contributed by atoms with Crippen LogP contribution in [0.1, 0.15) is 34.2 Å². The second-order valence-corrected chi connectivity index (χ2v) is 4.14. The van der Waals surface area contributed by atoms with Crippen molar-refractivity contribution in [3.63, 3.8) is 0 Å². The van der Waals surface area contributed by atoms with Gasteiger partial charge in [-0.2, -0.15) is 0 Å². The summed E-state index contributed by atoms with van der Waals surface area (Å²) in [5, 5.41) is 0. The first-order chi connectivity index (χ1) is 8.22. The quantitative estimate of drug-likeness (QED) is 0.749. The number of hydrogen-bond donors (Lipinski definition) is 0. The van der Waals surface area contributed by atoms with Gasteiger partial charge < -0.3 is 4.42 Å². The van der Waals surface area contributed by atoms with Gasteiger partial charge in [-0.15, -0.1) is 0 Å². The van der Waals surface area contributed by atoms with Gasteiger partial charge in [-0.25, -0.2) is 0 Å². The van der Waals surface area contributed by atoms with Gasteiger partial charge in [0.05, 0.1) is 11.8 Å². The molecule has 0 spiro atoms. The highest BCUT2D eigenvalue weighted by Crippen LogP contribution is 2.16. The number of Topliss-reactive ketones (excluding diaryl/α,β-unsaturated/α-hetero) is 1. The normalized spacial score (nSPS) is 10.5. The molecule has 0 saturated carbocycles. The van der Waals surface area contributed by atoms with Crippen LogP contribution in [0.3, 0.4) is 0 Å². The highest BCUT2D eigenvalue weighted by atomic mass is 16.3. The maximum Gasteiger partial charge on any atom is 0.170 e. The average Bonchev–Trinajstić information content (AvgIpc) is 2.80. The van der Waals surface area contributed by atoms with E-state index in [9.17, 15) is 4.79 Å². The summed E-state index contributed by atoms with van der Waals surface area (Å²) >= 11 is 0. The van der Waals surface area contributed by atoms with Gasteiger partial charge in [-0.3, -0.25) is 4.79 Å². The zero-order valence-electron chi connectivity index (χ0n) is 10.2. The van der Waals surface area contributed by atoms with Gasteiger partial charge in [-0.1, -0.05) is 31.2 Å². The largest absolute Gasteiger partial charge is 0.469 e. The summed E-state index contributed by atoms with van der Waals surface area (Å²) in [5.41, 5.74) is 2.96. The summed E-state index contributed by atoms with van der Waals surface area (Å²) in [7, 11) is 0. The number of benzene rings is 1. The van der Waals surface area contributed by atoms with E-state index in [0.29, 0.717) is 6.42 Å². The van der Waals surface area contributed by atoms with E-state index in [4.69, 9.17) is 4.42 Å². The molecule has 2 rings (SSSR count). The van der Waals surface area contributed by atoms with Crippen LogP contribution in [0.4, 0.5) is 0 Å². The van der Waals surface area contributed by atoms with Crippen LogP contribution in [0.2, 0.25) is 0 Å². The molecule has 0 bridgehead atoms. The Hall–Kier alpha value is -1.83. The van der Waals surface area contributed by atoms with Crippen molar-refractivity contribution in [2.45, 2.75) is 26.7 Å². The minimum atomic E-state index is 0.130. The predicted octanol–water partition coefficient (Wildman–Crippen LogP) is 3.58. The first-order valence-corrected chi connectivity index (χ1v) is 5.86. The summed E-state index contributed by atoms with van der Waals surface area (Å²) in [6, 6.07) is 9.74. The molecule has 88 valence electrons. The van der Waals surface area contributed by atoms with Crippen molar-refractivity contribution >= 4 is 5.78 Å². The van der Waals surface area contributed by atoms with Crippen LogP contribution in [0, 0.1) is 6.92 Å². The van der Waals surface area contributed by atoms with Crippen molar-refractivity contribution in [3.8, 4) is 0 Å². The van der Waals surface area contributed by atoms with Crippen molar-refractivity contribution in [2.24, 2.45) is 0 Å². The van der Waals surface area contributed by atoms with Crippen LogP contribution in [0.25, 0.3) is 0 Å². The van der Waals surface area contributed by atoms with Crippen molar-refractivity contribution in [3.05, 3.63) is 59.0 Å². The number of rotatable bonds is 4. The van der Waals surface area contributed by atoms with Gasteiger partial charge in [0.15, 0.2) is 5.78 Å². The summed E-state index contributed by atoms with van der Waals surface area (Å²) in [4.78, 5) is 12.1. The third kappa shape index (κ3) is 2.47. The van der Waals surface area contributed by atoms with E-state index in [-0.39, 0.29) is 5.78 Å². The molecule has 0 aliphatic heterocycles. The maximum atomic E-state index is 12.1. The Labute approximate surface area is 101 Å². The zero-order chi connectivity index (χ0) is 12.3. The zero-order valence-corrected chi connectivity index (χ0v) is 10.2. The third-order valence-electron chi connectivity index (χ3n) is 2.98. The smallest absolute Gasteiger partial charge is 0.170 e. The van der Waals surface area contributed by atoms with E-state index >= 15 is 0 Å². The van der Waals surface area contributed by atoms with Crippen LogP contribution in [-0.4, -0.2) is 5.78 Å². The van der Waals surface area contributed by atoms with Crippen LogP contribution >= 0.6 is 0 Å². The molecule has 1 aromatic carbocycles. The first kappa shape index (κ1) is 11.6. The van der Waals surface area contributed by atoms with E-state index in [1.807, 2.05) is 38.1 Å². The maximum absolute atomic E-state index is 12.1. The Morgan fingerprint density at radius 3 is 2.71 bits per heavy atom. The lowest BCUT2D eigenvalue weighted by molar-refractivity contribution is 0.0991. The molecule has 0 aliphatic rings. The van der Waals surface area contributed by atoms with Crippen molar-refractivity contribution in [2.75, 3.05) is 0 Å². The van der Waals surface area contributed by atoms with Gasteiger partial charge in [-0.05, 0) is 24.1 Å². The van der Waals surface area contributed by atoms with E-state index in [2.05, 4.69) is 0 Å². The second-order valence-electron chi connectivity index (χ2n) is 4.14. The molecule has 0 unspecified atom stereocenters. The van der Waals surface area contributed by atoms with E-state index in [1.165, 1.54) is 0 Å². The molecule has 1 heterocycles. The predicted molar refractivity (Wildman–Crippen MR) is 67.3 cm³/mol. The Morgan fingerprint density at radius 2 is 2.00 bits per heavy atom. The molecule has 0 radical (unpaired) electrons. The standard InChI is InChI=1S/C15H16O2/c1-3-15-13(8-9-17-15)14(16)10-12-7-5-4-6-11(12)2/h4-9H,3,10H2,1-2H3. The monoisotopic (exact) mass is 228 g/mol. The molecule has 2 nitrogen and oxygen atoms in total. The number of furan rings is 1. The van der Waals surface area contributed by atoms with Crippen molar-refractivity contribution in [1.29, 1.82) is 0 Å². The van der Waals surface area contributed by atoms with Crippen LogP contribution in [0.5, 0.6) is 0 Å². The number of carbonyl (C=O) groups is 1. The fourth-order valence-corrected chi connectivity index (χ4v) is 1.94. The van der Waals surface area contributed by atoms with Crippen LogP contribution in [-0.2, 0) is 12.8 Å². The molecule has 0 aliphatic carbocycles. The first-order valence-electron chi connectivity index (χ1n) is 5.86. The summed E-state index contributed by atoms with van der Waals surface area (Å²) in [5.74, 6) is 0.911. The van der Waals surface area contributed by atoms with Gasteiger partial charge in [0.25, 0.3) is 0 Å². The lowest BCUT2D eigenvalue weighted by Crippen LogP contribution is -2.05. The van der Waals surface area contributed by atoms with Crippen LogP contribution in [0.15, 0.2) is 41.0 Å². The van der Waals surface area contributed by atoms with Gasteiger partial charge >= 0.3 is 0 Å². The molecule has 1 aromatic heterocycles. The minimum absolute atomic E-state index is 0.130. The molecule has 2 aromatic rings. The molecule has 2 heteroatoms. The Balaban J connectivity index is 2.20. The SMILES string of the molecule is CCc1occc1C(=O)Cc1ccccc1C. The van der Waals surface area contributed by atoms with Gasteiger partial charge in [0, 0.05) is 12.8 Å². The molecular weight excluding hydrogens is 212 g/mol. The van der Waals surface area contributed by atoms with Gasteiger partial charge in [0.1, 0.15) is 5.76 Å². The Bertz CT molecular complexity index is 523. The number of hydrogen-bond acceptors (Lipinski definition) is 2. The van der Waals surface area contributed by atoms with Crippen molar-refractivity contribution < 1.29 is 9.21 Å². The topological polar surface area (TPSA) is 30.2 Å². The lowest BCUT2D eigenvalue weighted by atomic mass is 9.99. The minimum Gasteiger partial charge on any atom is -0.469 e. The molecular formula is C15H16O2. The highest BCUT2D eigenvalue weighted by molar-refractivity contribution is 5.98. The highest BCUT2D eigenvalue weighted by Gasteiger charge is 2.14. The Kier molecular flexibility index (Phi) is 3.43. The third-order valence-corrected chi connectivity index (χ3v) is 2.98. The van der Waals surface area contributed by atoms with Crippen LogP contribution < -0.4 is 0 Å². The molecule has 0 atom stereocenters. The molecule has 0 fully saturated rings. The molecule has 0 saturated heterocycles. The van der Waals surface area contributed by atoms with E-state index in [1.54, 1.807) is 12.3 Å². The second kappa shape index (κ2) is 5.00.